The second-order valence-electron chi connectivity index (χ2n) is 8.14. The molecular weight excluding hydrogens is 392 g/mol. The van der Waals surface area contributed by atoms with Gasteiger partial charge in [0.05, 0.1) is 24.4 Å². The molecule has 0 bridgehead atoms. The lowest BCUT2D eigenvalue weighted by molar-refractivity contribution is -0.0140. The Balaban J connectivity index is 1.51. The number of nitrogens with one attached hydrogen (secondary N) is 1. The van der Waals surface area contributed by atoms with Crippen LogP contribution in [-0.2, 0) is 18.2 Å². The summed E-state index contributed by atoms with van der Waals surface area (Å²) < 4.78 is 7.17. The molecule has 1 aromatic carbocycles. The van der Waals surface area contributed by atoms with Gasteiger partial charge in [-0.1, -0.05) is 24.3 Å². The lowest BCUT2D eigenvalue weighted by Crippen LogP contribution is -2.49. The molecule has 1 aliphatic rings. The molecule has 2 aromatic heterocycles. The van der Waals surface area contributed by atoms with Crippen molar-refractivity contribution in [1.82, 2.24) is 20.1 Å². The lowest BCUT2D eigenvalue weighted by atomic mass is 9.98. The normalized spacial score (nSPS) is 18.7. The first-order chi connectivity index (χ1) is 14.9. The van der Waals surface area contributed by atoms with Crippen molar-refractivity contribution in [3.8, 4) is 11.3 Å². The van der Waals surface area contributed by atoms with E-state index in [0.717, 1.165) is 33.6 Å². The van der Waals surface area contributed by atoms with Crippen molar-refractivity contribution < 1.29 is 14.6 Å². The number of pyridine rings is 1. The summed E-state index contributed by atoms with van der Waals surface area (Å²) in [5.41, 5.74) is 6.48. The van der Waals surface area contributed by atoms with Gasteiger partial charge in [0, 0.05) is 31.1 Å². The van der Waals surface area contributed by atoms with Gasteiger partial charge < -0.3 is 15.2 Å². The molecule has 31 heavy (non-hydrogen) atoms. The largest absolute Gasteiger partial charge is 0.391 e. The van der Waals surface area contributed by atoms with Gasteiger partial charge in [-0.05, 0) is 55.5 Å². The highest BCUT2D eigenvalue weighted by atomic mass is 16.5. The highest BCUT2D eigenvalue weighted by Gasteiger charge is 2.26. The van der Waals surface area contributed by atoms with E-state index in [1.165, 1.54) is 0 Å². The minimum Gasteiger partial charge on any atom is -0.391 e. The molecule has 3 aromatic rings. The standard InChI is InChI=1S/C24H28N4O3/c1-15-16(2)25-21(24(30)26-22-14-31-11-9-23(22)29)13-19(15)12-17-4-6-18(7-5-17)20-8-10-28(3)27-20/h4-8,10,13,22-23,29H,9,11-12,14H2,1-3H3,(H,26,30)/t22-,23-/m0/s1. The molecule has 0 radical (unpaired) electrons. The average Bonchev–Trinajstić information content (AvgIpc) is 3.19. The van der Waals surface area contributed by atoms with Gasteiger partial charge >= 0.3 is 0 Å². The molecule has 3 heterocycles. The van der Waals surface area contributed by atoms with E-state index in [1.54, 1.807) is 4.68 Å². The summed E-state index contributed by atoms with van der Waals surface area (Å²) in [5, 5.41) is 17.4. The maximum atomic E-state index is 12.8. The summed E-state index contributed by atoms with van der Waals surface area (Å²) in [7, 11) is 1.90. The summed E-state index contributed by atoms with van der Waals surface area (Å²) in [6, 6.07) is 11.7. The van der Waals surface area contributed by atoms with Gasteiger partial charge in [0.1, 0.15) is 5.69 Å². The van der Waals surface area contributed by atoms with Gasteiger partial charge in [-0.3, -0.25) is 9.48 Å². The van der Waals surface area contributed by atoms with Crippen LogP contribution in [0.2, 0.25) is 0 Å². The number of benzene rings is 1. The number of aromatic nitrogens is 3. The van der Waals surface area contributed by atoms with Crippen molar-refractivity contribution >= 4 is 5.91 Å². The number of amides is 1. The zero-order valence-corrected chi connectivity index (χ0v) is 18.1. The van der Waals surface area contributed by atoms with Gasteiger partial charge in [-0.25, -0.2) is 4.98 Å². The van der Waals surface area contributed by atoms with E-state index < -0.39 is 12.1 Å². The molecule has 7 nitrogen and oxygen atoms in total. The smallest absolute Gasteiger partial charge is 0.270 e. The predicted molar refractivity (Wildman–Crippen MR) is 118 cm³/mol. The van der Waals surface area contributed by atoms with E-state index in [2.05, 4.69) is 39.7 Å². The van der Waals surface area contributed by atoms with Crippen LogP contribution >= 0.6 is 0 Å². The Morgan fingerprint density at radius 3 is 2.71 bits per heavy atom. The van der Waals surface area contributed by atoms with Crippen LogP contribution < -0.4 is 5.32 Å². The van der Waals surface area contributed by atoms with Crippen LogP contribution in [-0.4, -0.2) is 51.1 Å². The molecule has 2 N–H and O–H groups in total. The van der Waals surface area contributed by atoms with Crippen molar-refractivity contribution in [2.45, 2.75) is 38.8 Å². The Morgan fingerprint density at radius 2 is 2.03 bits per heavy atom. The summed E-state index contributed by atoms with van der Waals surface area (Å²) >= 11 is 0. The molecule has 1 amide bonds. The minimum atomic E-state index is -0.596. The summed E-state index contributed by atoms with van der Waals surface area (Å²) in [6.45, 7) is 4.77. The first kappa shape index (κ1) is 21.2. The third-order valence-electron chi connectivity index (χ3n) is 5.85. The monoisotopic (exact) mass is 420 g/mol. The zero-order valence-electron chi connectivity index (χ0n) is 18.1. The van der Waals surface area contributed by atoms with Gasteiger partial charge in [-0.2, -0.15) is 5.10 Å². The fourth-order valence-electron chi connectivity index (χ4n) is 3.79. The van der Waals surface area contributed by atoms with Gasteiger partial charge in [0.15, 0.2) is 0 Å². The first-order valence-corrected chi connectivity index (χ1v) is 10.5. The van der Waals surface area contributed by atoms with Crippen LogP contribution in [0.25, 0.3) is 11.3 Å². The maximum Gasteiger partial charge on any atom is 0.270 e. The van der Waals surface area contributed by atoms with E-state index in [0.29, 0.717) is 31.7 Å². The molecule has 0 aliphatic carbocycles. The SMILES string of the molecule is Cc1nc(C(=O)N[C@H]2COCC[C@@H]2O)cc(Cc2ccc(-c3ccn(C)n3)cc2)c1C. The van der Waals surface area contributed by atoms with E-state index >= 15 is 0 Å². The topological polar surface area (TPSA) is 89.3 Å². The summed E-state index contributed by atoms with van der Waals surface area (Å²) in [5.74, 6) is -0.288. The van der Waals surface area contributed by atoms with Gasteiger partial charge in [-0.15, -0.1) is 0 Å². The van der Waals surface area contributed by atoms with E-state index in [9.17, 15) is 9.90 Å². The van der Waals surface area contributed by atoms with E-state index in [-0.39, 0.29) is 5.91 Å². The number of aliphatic hydroxyl groups is 1. The average molecular weight is 421 g/mol. The number of carbonyl (C=O) groups excluding carboxylic acids is 1. The Labute approximate surface area is 182 Å². The quantitative estimate of drug-likeness (QED) is 0.662. The molecule has 4 rings (SSSR count). The molecule has 2 atom stereocenters. The second kappa shape index (κ2) is 8.99. The van der Waals surface area contributed by atoms with E-state index in [4.69, 9.17) is 4.74 Å². The number of hydrogen-bond acceptors (Lipinski definition) is 5. The number of hydrogen-bond donors (Lipinski definition) is 2. The van der Waals surface area contributed by atoms with Crippen molar-refractivity contribution in [3.05, 3.63) is 70.7 Å². The number of ether oxygens (including phenoxy) is 1. The third kappa shape index (κ3) is 4.84. The molecule has 0 spiro atoms. The van der Waals surface area contributed by atoms with Crippen LogP contribution in [0.15, 0.2) is 42.6 Å². The van der Waals surface area contributed by atoms with Crippen LogP contribution in [0.3, 0.4) is 0 Å². The van der Waals surface area contributed by atoms with Crippen LogP contribution in [0, 0.1) is 13.8 Å². The number of rotatable bonds is 5. The number of aryl methyl sites for hydroxylation is 2. The van der Waals surface area contributed by atoms with E-state index in [1.807, 2.05) is 39.2 Å². The molecular formula is C24H28N4O3. The number of nitrogens with zero attached hydrogens (tertiary/aromatic N) is 3. The number of aliphatic hydroxyl groups excluding tert-OH is 1. The van der Waals surface area contributed by atoms with Gasteiger partial charge in [0.2, 0.25) is 0 Å². The van der Waals surface area contributed by atoms with Crippen molar-refractivity contribution in [2.75, 3.05) is 13.2 Å². The fourth-order valence-corrected chi connectivity index (χ4v) is 3.79. The van der Waals surface area contributed by atoms with Crippen molar-refractivity contribution in [1.29, 1.82) is 0 Å². The third-order valence-corrected chi connectivity index (χ3v) is 5.85. The predicted octanol–water partition coefficient (Wildman–Crippen LogP) is 2.57. The molecule has 0 saturated carbocycles. The molecule has 1 fully saturated rings. The number of carbonyl (C=O) groups is 1. The summed E-state index contributed by atoms with van der Waals surface area (Å²) in [4.78, 5) is 17.3. The first-order valence-electron chi connectivity index (χ1n) is 10.5. The zero-order chi connectivity index (χ0) is 22.0. The maximum absolute atomic E-state index is 12.8. The fraction of sp³-hybridized carbons (Fsp3) is 0.375. The lowest BCUT2D eigenvalue weighted by Gasteiger charge is -2.28. The van der Waals surface area contributed by atoms with Crippen molar-refractivity contribution in [3.63, 3.8) is 0 Å². The highest BCUT2D eigenvalue weighted by Crippen LogP contribution is 2.21. The minimum absolute atomic E-state index is 0.288. The van der Waals surface area contributed by atoms with Crippen LogP contribution in [0.5, 0.6) is 0 Å². The molecule has 0 unspecified atom stereocenters. The highest BCUT2D eigenvalue weighted by molar-refractivity contribution is 5.93. The van der Waals surface area contributed by atoms with Crippen LogP contribution in [0.4, 0.5) is 0 Å². The summed E-state index contributed by atoms with van der Waals surface area (Å²) in [6.07, 6.45) is 2.55. The molecule has 7 heteroatoms. The van der Waals surface area contributed by atoms with Gasteiger partial charge in [0.25, 0.3) is 5.91 Å². The Bertz CT molecular complexity index is 1070. The second-order valence-corrected chi connectivity index (χ2v) is 8.14. The van der Waals surface area contributed by atoms with Crippen molar-refractivity contribution in [2.24, 2.45) is 7.05 Å². The Hall–Kier alpha value is -3.03. The molecule has 1 saturated heterocycles. The molecule has 162 valence electrons. The Kier molecular flexibility index (Phi) is 6.15. The Morgan fingerprint density at radius 1 is 1.26 bits per heavy atom. The van der Waals surface area contributed by atoms with Crippen LogP contribution in [0.1, 0.15) is 39.3 Å². The molecule has 1 aliphatic heterocycles.